The van der Waals surface area contributed by atoms with Crippen molar-refractivity contribution < 1.29 is 22.7 Å². The molecule has 0 saturated heterocycles. The lowest BCUT2D eigenvalue weighted by atomic mass is 10.1. The van der Waals surface area contributed by atoms with Gasteiger partial charge in [-0.1, -0.05) is 12.1 Å². The molecule has 0 heterocycles. The van der Waals surface area contributed by atoms with Crippen LogP contribution in [0.2, 0.25) is 0 Å². The average Bonchev–Trinajstić information content (AvgIpc) is 2.38. The van der Waals surface area contributed by atoms with Crippen LogP contribution >= 0.6 is 0 Å². The Hall–Kier alpha value is -1.60. The first kappa shape index (κ1) is 16.5. The molecule has 112 valence electrons. The maximum atomic E-state index is 12.7. The van der Waals surface area contributed by atoms with Gasteiger partial charge in [0.1, 0.15) is 0 Å². The van der Waals surface area contributed by atoms with Crippen LogP contribution in [0.1, 0.15) is 12.0 Å². The molecule has 1 rings (SSSR count). The molecule has 2 N–H and O–H groups in total. The molecule has 0 saturated carbocycles. The third kappa shape index (κ3) is 5.58. The number of rotatable bonds is 7. The highest BCUT2D eigenvalue weighted by atomic mass is 19.4. The van der Waals surface area contributed by atoms with Crippen LogP contribution < -0.4 is 10.6 Å². The van der Waals surface area contributed by atoms with Crippen LogP contribution in [0.3, 0.4) is 0 Å². The Balaban J connectivity index is 2.50. The zero-order chi connectivity index (χ0) is 15.0. The Bertz CT molecular complexity index is 436. The normalized spacial score (nSPS) is 11.4. The summed E-state index contributed by atoms with van der Waals surface area (Å²) in [5, 5.41) is 5.22. The largest absolute Gasteiger partial charge is 0.418 e. The standard InChI is InChI=1S/C13H17F3N2O2/c1-20-9-8-17-7-6-12(19)18-11-5-3-2-4-10(11)13(14,15)16/h2-5,17H,6-9H2,1H3,(H,18,19). The summed E-state index contributed by atoms with van der Waals surface area (Å²) in [6.45, 7) is 1.48. The molecule has 0 radical (unpaired) electrons. The number of hydrogen-bond acceptors (Lipinski definition) is 3. The van der Waals surface area contributed by atoms with Gasteiger partial charge < -0.3 is 15.4 Å². The van der Waals surface area contributed by atoms with Crippen LogP contribution in [0.4, 0.5) is 18.9 Å². The minimum atomic E-state index is -4.49. The number of halogens is 3. The minimum absolute atomic E-state index is 0.0932. The maximum absolute atomic E-state index is 12.7. The summed E-state index contributed by atoms with van der Waals surface area (Å²) in [4.78, 5) is 11.6. The van der Waals surface area contributed by atoms with Crippen LogP contribution in [0, 0.1) is 0 Å². The van der Waals surface area contributed by atoms with Crippen LogP contribution in [-0.2, 0) is 15.7 Å². The van der Waals surface area contributed by atoms with Gasteiger partial charge in [-0.05, 0) is 12.1 Å². The molecule has 7 heteroatoms. The molecule has 0 aliphatic rings. The van der Waals surface area contributed by atoms with Gasteiger partial charge in [0.2, 0.25) is 5.91 Å². The number of carbonyl (C=O) groups excluding carboxylic acids is 1. The number of ether oxygens (including phenoxy) is 1. The molecule has 0 bridgehead atoms. The highest BCUT2D eigenvalue weighted by Crippen LogP contribution is 2.34. The number of methoxy groups -OCH3 is 1. The molecule has 1 amide bonds. The van der Waals surface area contributed by atoms with Crippen LogP contribution in [0.5, 0.6) is 0 Å². The second-order valence-corrected chi connectivity index (χ2v) is 4.08. The summed E-state index contributed by atoms with van der Waals surface area (Å²) in [5.74, 6) is -0.466. The smallest absolute Gasteiger partial charge is 0.383 e. The molecule has 1 aromatic carbocycles. The molecular weight excluding hydrogens is 273 g/mol. The predicted octanol–water partition coefficient (Wildman–Crippen LogP) is 2.27. The Kier molecular flexibility index (Phi) is 6.47. The first-order valence-corrected chi connectivity index (χ1v) is 6.11. The molecule has 0 atom stereocenters. The highest BCUT2D eigenvalue weighted by Gasteiger charge is 2.33. The van der Waals surface area contributed by atoms with E-state index in [-0.39, 0.29) is 12.1 Å². The number of anilines is 1. The van der Waals surface area contributed by atoms with E-state index in [1.165, 1.54) is 18.2 Å². The van der Waals surface area contributed by atoms with Gasteiger partial charge in [0.05, 0.1) is 17.9 Å². The van der Waals surface area contributed by atoms with E-state index in [0.717, 1.165) is 6.07 Å². The van der Waals surface area contributed by atoms with E-state index in [2.05, 4.69) is 10.6 Å². The van der Waals surface area contributed by atoms with Crippen molar-refractivity contribution in [2.24, 2.45) is 0 Å². The molecule has 20 heavy (non-hydrogen) atoms. The molecule has 4 nitrogen and oxygen atoms in total. The molecule has 0 unspecified atom stereocenters. The van der Waals surface area contributed by atoms with Crippen LogP contribution in [-0.4, -0.2) is 32.7 Å². The van der Waals surface area contributed by atoms with Gasteiger partial charge in [0.25, 0.3) is 0 Å². The number of benzene rings is 1. The van der Waals surface area contributed by atoms with Crippen LogP contribution in [0.15, 0.2) is 24.3 Å². The van der Waals surface area contributed by atoms with Crippen molar-refractivity contribution >= 4 is 11.6 Å². The molecular formula is C13H17F3N2O2. The molecule has 1 aromatic rings. The molecule has 0 aromatic heterocycles. The van der Waals surface area contributed by atoms with E-state index in [4.69, 9.17) is 4.74 Å². The Morgan fingerprint density at radius 3 is 2.60 bits per heavy atom. The van der Waals surface area contributed by atoms with E-state index in [1.54, 1.807) is 7.11 Å². The lowest BCUT2D eigenvalue weighted by Crippen LogP contribution is -2.25. The molecule has 0 aliphatic carbocycles. The van der Waals surface area contributed by atoms with Crippen molar-refractivity contribution in [2.45, 2.75) is 12.6 Å². The number of alkyl halides is 3. The Morgan fingerprint density at radius 1 is 1.25 bits per heavy atom. The van der Waals surface area contributed by atoms with Gasteiger partial charge in [-0.2, -0.15) is 13.2 Å². The Labute approximate surface area is 115 Å². The first-order valence-electron chi connectivity index (χ1n) is 6.11. The predicted molar refractivity (Wildman–Crippen MR) is 69.4 cm³/mol. The lowest BCUT2D eigenvalue weighted by molar-refractivity contribution is -0.137. The van der Waals surface area contributed by atoms with Gasteiger partial charge in [0, 0.05) is 26.6 Å². The summed E-state index contributed by atoms with van der Waals surface area (Å²) in [7, 11) is 1.56. The summed E-state index contributed by atoms with van der Waals surface area (Å²) >= 11 is 0. The van der Waals surface area contributed by atoms with Crippen molar-refractivity contribution in [1.82, 2.24) is 5.32 Å². The van der Waals surface area contributed by atoms with Crippen molar-refractivity contribution in [3.63, 3.8) is 0 Å². The highest BCUT2D eigenvalue weighted by molar-refractivity contribution is 5.91. The SMILES string of the molecule is COCCNCCC(=O)Nc1ccccc1C(F)(F)F. The third-order valence-electron chi connectivity index (χ3n) is 2.52. The number of hydrogen-bond donors (Lipinski definition) is 2. The fourth-order valence-corrected chi connectivity index (χ4v) is 1.55. The number of amides is 1. The molecule has 0 spiro atoms. The third-order valence-corrected chi connectivity index (χ3v) is 2.52. The minimum Gasteiger partial charge on any atom is -0.383 e. The van der Waals surface area contributed by atoms with E-state index < -0.39 is 17.6 Å². The van der Waals surface area contributed by atoms with Crippen molar-refractivity contribution in [1.29, 1.82) is 0 Å². The zero-order valence-electron chi connectivity index (χ0n) is 11.1. The quantitative estimate of drug-likeness (QED) is 0.757. The van der Waals surface area contributed by atoms with Crippen molar-refractivity contribution in [3.8, 4) is 0 Å². The molecule has 0 fully saturated rings. The summed E-state index contributed by atoms with van der Waals surface area (Å²) < 4.78 is 42.9. The topological polar surface area (TPSA) is 50.4 Å². The lowest BCUT2D eigenvalue weighted by Gasteiger charge is -2.13. The van der Waals surface area contributed by atoms with E-state index in [9.17, 15) is 18.0 Å². The number of carbonyl (C=O) groups is 1. The van der Waals surface area contributed by atoms with Gasteiger partial charge in [-0.3, -0.25) is 4.79 Å². The van der Waals surface area contributed by atoms with E-state index >= 15 is 0 Å². The fraction of sp³-hybridized carbons (Fsp3) is 0.462. The van der Waals surface area contributed by atoms with E-state index in [0.29, 0.717) is 19.7 Å². The molecule has 0 aliphatic heterocycles. The summed E-state index contributed by atoms with van der Waals surface area (Å²) in [5.41, 5.74) is -1.07. The second-order valence-electron chi connectivity index (χ2n) is 4.08. The van der Waals surface area contributed by atoms with Gasteiger partial charge in [0.15, 0.2) is 0 Å². The monoisotopic (exact) mass is 290 g/mol. The maximum Gasteiger partial charge on any atom is 0.418 e. The second kappa shape index (κ2) is 7.86. The zero-order valence-corrected chi connectivity index (χ0v) is 11.1. The van der Waals surface area contributed by atoms with Gasteiger partial charge in [-0.25, -0.2) is 0 Å². The fourth-order valence-electron chi connectivity index (χ4n) is 1.55. The van der Waals surface area contributed by atoms with Crippen LogP contribution in [0.25, 0.3) is 0 Å². The Morgan fingerprint density at radius 2 is 1.95 bits per heavy atom. The van der Waals surface area contributed by atoms with Gasteiger partial charge >= 0.3 is 6.18 Å². The van der Waals surface area contributed by atoms with Crippen molar-refractivity contribution in [2.75, 3.05) is 32.1 Å². The summed E-state index contributed by atoms with van der Waals surface area (Å²) in [6.07, 6.45) is -4.39. The van der Waals surface area contributed by atoms with Gasteiger partial charge in [-0.15, -0.1) is 0 Å². The average molecular weight is 290 g/mol. The number of para-hydroxylation sites is 1. The first-order chi connectivity index (χ1) is 9.45. The summed E-state index contributed by atoms with van der Waals surface area (Å²) in [6, 6.07) is 4.90. The van der Waals surface area contributed by atoms with Crippen molar-refractivity contribution in [3.05, 3.63) is 29.8 Å². The number of nitrogens with one attached hydrogen (secondary N) is 2. The van der Waals surface area contributed by atoms with E-state index in [1.807, 2.05) is 0 Å².